The summed E-state index contributed by atoms with van der Waals surface area (Å²) in [5.41, 5.74) is 1.42. The number of hydrogen-bond acceptors (Lipinski definition) is 5. The van der Waals surface area contributed by atoms with Crippen LogP contribution in [0.15, 0.2) is 56.9 Å². The number of fused-ring (bicyclic) bond motifs is 1. The molecule has 1 aromatic heterocycles. The van der Waals surface area contributed by atoms with Crippen molar-refractivity contribution in [3.8, 4) is 0 Å². The van der Waals surface area contributed by atoms with Crippen molar-refractivity contribution in [2.75, 3.05) is 0 Å². The lowest BCUT2D eigenvalue weighted by Crippen LogP contribution is -2.22. The van der Waals surface area contributed by atoms with Crippen molar-refractivity contribution >= 4 is 44.3 Å². The fourth-order valence-corrected chi connectivity index (χ4v) is 4.11. The summed E-state index contributed by atoms with van der Waals surface area (Å²) in [6.45, 7) is 4.34. The van der Waals surface area contributed by atoms with Gasteiger partial charge in [-0.15, -0.1) is 0 Å². The summed E-state index contributed by atoms with van der Waals surface area (Å²) < 4.78 is 2.46. The van der Waals surface area contributed by atoms with E-state index in [1.165, 1.54) is 17.8 Å². The largest absolute Gasteiger partial charge is 0.287 e. The second-order valence-corrected chi connectivity index (χ2v) is 7.94. The van der Waals surface area contributed by atoms with Gasteiger partial charge in [-0.3, -0.25) is 19.5 Å². The molecule has 3 aromatic rings. The van der Waals surface area contributed by atoms with Crippen LogP contribution in [0.5, 0.6) is 0 Å². The van der Waals surface area contributed by atoms with E-state index in [2.05, 4.69) is 20.9 Å². The number of halogens is 1. The quantitative estimate of drug-likeness (QED) is 0.246. The van der Waals surface area contributed by atoms with Crippen molar-refractivity contribution < 1.29 is 4.92 Å². The summed E-state index contributed by atoms with van der Waals surface area (Å²) in [5, 5.41) is 12.1. The van der Waals surface area contributed by atoms with Crippen LogP contribution in [0.2, 0.25) is 0 Å². The highest BCUT2D eigenvalue weighted by molar-refractivity contribution is 9.10. The number of hydrogen-bond donors (Lipinski definition) is 0. The Kier molecular flexibility index (Phi) is 5.43. The Balaban J connectivity index is 2.02. The highest BCUT2D eigenvalue weighted by Gasteiger charge is 2.17. The Morgan fingerprint density at radius 2 is 2.08 bits per heavy atom. The van der Waals surface area contributed by atoms with Gasteiger partial charge in [0.25, 0.3) is 11.2 Å². The predicted molar refractivity (Wildman–Crippen MR) is 107 cm³/mol. The van der Waals surface area contributed by atoms with Crippen molar-refractivity contribution in [2.45, 2.75) is 30.8 Å². The normalized spacial score (nSPS) is 12.3. The van der Waals surface area contributed by atoms with Crippen LogP contribution in [0.3, 0.4) is 0 Å². The lowest BCUT2D eigenvalue weighted by molar-refractivity contribution is -0.384. The molecular formula is C18H16BrN3O3S. The Morgan fingerprint density at radius 3 is 2.77 bits per heavy atom. The summed E-state index contributed by atoms with van der Waals surface area (Å²) >= 11 is 4.80. The molecule has 0 radical (unpaired) electrons. The Hall–Kier alpha value is -2.19. The lowest BCUT2D eigenvalue weighted by atomic mass is 10.1. The maximum atomic E-state index is 12.8. The molecule has 2 aromatic carbocycles. The molecule has 6 nitrogen and oxygen atoms in total. The van der Waals surface area contributed by atoms with E-state index >= 15 is 0 Å². The van der Waals surface area contributed by atoms with Crippen molar-refractivity contribution in [3.63, 3.8) is 0 Å². The second kappa shape index (κ2) is 7.59. The molecule has 1 atom stereocenters. The fraction of sp³-hybridized carbons (Fsp3) is 0.222. The molecule has 3 rings (SSSR count). The number of nitro benzene ring substituents is 1. The van der Waals surface area contributed by atoms with Crippen LogP contribution < -0.4 is 5.56 Å². The molecule has 0 aliphatic heterocycles. The third-order valence-electron chi connectivity index (χ3n) is 4.03. The van der Waals surface area contributed by atoms with Crippen LogP contribution in [0.1, 0.15) is 24.7 Å². The average molecular weight is 434 g/mol. The van der Waals surface area contributed by atoms with E-state index in [-0.39, 0.29) is 16.5 Å². The molecular weight excluding hydrogens is 418 g/mol. The maximum Gasteiger partial charge on any atom is 0.269 e. The molecule has 1 unspecified atom stereocenters. The molecule has 0 N–H and O–H groups in total. The molecule has 134 valence electrons. The fourth-order valence-electron chi connectivity index (χ4n) is 2.66. The van der Waals surface area contributed by atoms with E-state index in [4.69, 9.17) is 0 Å². The number of thioether (sulfide) groups is 1. The van der Waals surface area contributed by atoms with Crippen LogP contribution in [-0.2, 0) is 6.54 Å². The Labute approximate surface area is 162 Å². The standard InChI is InChI=1S/C18H16BrN3O3S/c1-3-21-17(23)15-10-13(19)7-8-16(15)20-18(21)26-11(2)12-5-4-6-14(9-12)22(24)25/h4-11H,3H2,1-2H3. The van der Waals surface area contributed by atoms with Gasteiger partial charge in [0.2, 0.25) is 0 Å². The highest BCUT2D eigenvalue weighted by Crippen LogP contribution is 2.35. The zero-order chi connectivity index (χ0) is 18.8. The van der Waals surface area contributed by atoms with E-state index in [9.17, 15) is 14.9 Å². The molecule has 0 aliphatic rings. The number of benzene rings is 2. The third kappa shape index (κ3) is 3.66. The molecule has 0 aliphatic carbocycles. The van der Waals surface area contributed by atoms with Crippen LogP contribution in [-0.4, -0.2) is 14.5 Å². The van der Waals surface area contributed by atoms with Gasteiger partial charge in [-0.05, 0) is 37.6 Å². The highest BCUT2D eigenvalue weighted by atomic mass is 79.9. The minimum Gasteiger partial charge on any atom is -0.287 e. The smallest absolute Gasteiger partial charge is 0.269 e. The lowest BCUT2D eigenvalue weighted by Gasteiger charge is -2.15. The number of nitrogens with zero attached hydrogens (tertiary/aromatic N) is 3. The van der Waals surface area contributed by atoms with E-state index in [0.29, 0.717) is 22.6 Å². The van der Waals surface area contributed by atoms with Crippen LogP contribution >= 0.6 is 27.7 Å². The monoisotopic (exact) mass is 433 g/mol. The zero-order valence-corrected chi connectivity index (χ0v) is 16.6. The topological polar surface area (TPSA) is 78.0 Å². The maximum absolute atomic E-state index is 12.8. The van der Waals surface area contributed by atoms with Crippen molar-refractivity contribution in [3.05, 3.63) is 73.0 Å². The number of non-ortho nitro benzene ring substituents is 1. The number of aromatic nitrogens is 2. The van der Waals surface area contributed by atoms with Crippen LogP contribution in [0.25, 0.3) is 10.9 Å². The van der Waals surface area contributed by atoms with Crippen molar-refractivity contribution in [1.29, 1.82) is 0 Å². The van der Waals surface area contributed by atoms with Gasteiger partial charge in [-0.25, -0.2) is 4.98 Å². The first-order chi connectivity index (χ1) is 12.4. The Bertz CT molecular complexity index is 1050. The van der Waals surface area contributed by atoms with Gasteiger partial charge >= 0.3 is 0 Å². The summed E-state index contributed by atoms with van der Waals surface area (Å²) in [6, 6.07) is 12.0. The van der Waals surface area contributed by atoms with E-state index in [1.54, 1.807) is 22.8 Å². The van der Waals surface area contributed by atoms with Gasteiger partial charge in [0, 0.05) is 28.4 Å². The molecule has 0 saturated carbocycles. The molecule has 0 fully saturated rings. The molecule has 0 bridgehead atoms. The molecule has 0 amide bonds. The van der Waals surface area contributed by atoms with Crippen LogP contribution in [0, 0.1) is 10.1 Å². The summed E-state index contributed by atoms with van der Waals surface area (Å²) in [5.74, 6) is 0. The van der Waals surface area contributed by atoms with Gasteiger partial charge in [0.1, 0.15) is 0 Å². The first kappa shape index (κ1) is 18.6. The average Bonchev–Trinajstić information content (AvgIpc) is 2.63. The summed E-state index contributed by atoms with van der Waals surface area (Å²) in [7, 11) is 0. The first-order valence-corrected chi connectivity index (χ1v) is 9.69. The van der Waals surface area contributed by atoms with Crippen molar-refractivity contribution in [2.24, 2.45) is 0 Å². The number of rotatable bonds is 5. The SMILES string of the molecule is CCn1c(SC(C)c2cccc([N+](=O)[O-])c2)nc2ccc(Br)cc2c1=O. The Morgan fingerprint density at radius 1 is 1.31 bits per heavy atom. The van der Waals surface area contributed by atoms with Gasteiger partial charge in [0.05, 0.1) is 15.8 Å². The molecule has 0 saturated heterocycles. The zero-order valence-electron chi connectivity index (χ0n) is 14.2. The first-order valence-electron chi connectivity index (χ1n) is 8.01. The minimum atomic E-state index is -0.408. The molecule has 1 heterocycles. The van der Waals surface area contributed by atoms with Crippen molar-refractivity contribution in [1.82, 2.24) is 9.55 Å². The minimum absolute atomic E-state index is 0.0548. The van der Waals surface area contributed by atoms with Gasteiger partial charge < -0.3 is 0 Å². The summed E-state index contributed by atoms with van der Waals surface area (Å²) in [4.78, 5) is 28.0. The molecule has 8 heteroatoms. The van der Waals surface area contributed by atoms with E-state index < -0.39 is 4.92 Å². The predicted octanol–water partition coefficient (Wildman–Crippen LogP) is 4.94. The number of nitro groups is 1. The van der Waals surface area contributed by atoms with E-state index in [1.807, 2.05) is 32.0 Å². The van der Waals surface area contributed by atoms with E-state index in [0.717, 1.165) is 10.0 Å². The van der Waals surface area contributed by atoms with Gasteiger partial charge in [-0.1, -0.05) is 39.8 Å². The van der Waals surface area contributed by atoms with Gasteiger partial charge in [-0.2, -0.15) is 0 Å². The molecule has 0 spiro atoms. The van der Waals surface area contributed by atoms with Gasteiger partial charge in [0.15, 0.2) is 5.16 Å². The van der Waals surface area contributed by atoms with Crippen LogP contribution in [0.4, 0.5) is 5.69 Å². The second-order valence-electron chi connectivity index (χ2n) is 5.72. The summed E-state index contributed by atoms with van der Waals surface area (Å²) in [6.07, 6.45) is 0. The molecule has 26 heavy (non-hydrogen) atoms. The third-order valence-corrected chi connectivity index (χ3v) is 5.67.